The van der Waals surface area contributed by atoms with Gasteiger partial charge in [0.05, 0.1) is 26.4 Å². The molecule has 0 N–H and O–H groups in total. The molecule has 7 aromatic rings. The van der Waals surface area contributed by atoms with Crippen LogP contribution in [-0.2, 0) is 35.8 Å². The minimum atomic E-state index is 0.472. The fourth-order valence-corrected chi connectivity index (χ4v) is 7.76. The SMILES string of the molecule is C=CCOCCOc1ccc(OCc2ccc3ccc(Cn4c(C)c(C)[n+](Cc5ccc6ccc(COc7ccc(OCCOCC=C)cc7)cc6c5)c4Br)cc3c2)cc1. The minimum absolute atomic E-state index is 0.472. The molecule has 308 valence electrons. The molecule has 60 heavy (non-hydrogen) atoms. The fraction of sp³-hybridized carbons (Fsp3) is 0.235. The zero-order valence-corrected chi connectivity index (χ0v) is 36.0. The minimum Gasteiger partial charge on any atom is -0.491 e. The lowest BCUT2D eigenvalue weighted by molar-refractivity contribution is -0.704. The molecule has 0 atom stereocenters. The first-order valence-electron chi connectivity index (χ1n) is 20.2. The molecule has 0 radical (unpaired) electrons. The Morgan fingerprint density at radius 3 is 1.42 bits per heavy atom. The number of rotatable bonds is 22. The Kier molecular flexibility index (Phi) is 14.7. The van der Waals surface area contributed by atoms with Gasteiger partial charge in [0.25, 0.3) is 0 Å². The predicted octanol–water partition coefficient (Wildman–Crippen LogP) is 10.9. The number of nitrogens with zero attached hydrogens (tertiary/aromatic N) is 2. The van der Waals surface area contributed by atoms with Gasteiger partial charge in [-0.25, -0.2) is 9.13 Å². The Morgan fingerprint density at radius 2 is 0.933 bits per heavy atom. The number of hydrogen-bond acceptors (Lipinski definition) is 6. The van der Waals surface area contributed by atoms with E-state index in [1.165, 1.54) is 44.1 Å². The molecule has 0 saturated heterocycles. The van der Waals surface area contributed by atoms with Crippen molar-refractivity contribution in [1.82, 2.24) is 4.57 Å². The highest BCUT2D eigenvalue weighted by Crippen LogP contribution is 2.26. The molecule has 7 rings (SSSR count). The molecule has 0 aliphatic heterocycles. The van der Waals surface area contributed by atoms with Crippen molar-refractivity contribution in [2.24, 2.45) is 0 Å². The summed E-state index contributed by atoms with van der Waals surface area (Å²) in [5.74, 6) is 3.15. The maximum absolute atomic E-state index is 6.13. The molecule has 0 saturated carbocycles. The molecule has 1 aromatic heterocycles. The summed E-state index contributed by atoms with van der Waals surface area (Å²) in [6.07, 6.45) is 3.46. The fourth-order valence-electron chi connectivity index (χ4n) is 6.98. The first kappa shape index (κ1) is 42.3. The van der Waals surface area contributed by atoms with Crippen molar-refractivity contribution in [3.63, 3.8) is 0 Å². The van der Waals surface area contributed by atoms with Crippen LogP contribution in [0.1, 0.15) is 33.6 Å². The van der Waals surface area contributed by atoms with Crippen molar-refractivity contribution in [2.75, 3.05) is 39.6 Å². The van der Waals surface area contributed by atoms with Crippen LogP contribution in [0.4, 0.5) is 0 Å². The lowest BCUT2D eigenvalue weighted by Gasteiger charge is -2.10. The van der Waals surface area contributed by atoms with Crippen LogP contribution in [-0.4, -0.2) is 44.2 Å². The van der Waals surface area contributed by atoms with E-state index in [1.807, 2.05) is 48.5 Å². The Labute approximate surface area is 361 Å². The van der Waals surface area contributed by atoms with Crippen LogP contribution < -0.4 is 23.5 Å². The Hall–Kier alpha value is -5.87. The zero-order valence-electron chi connectivity index (χ0n) is 34.4. The summed E-state index contributed by atoms with van der Waals surface area (Å²) in [5, 5.41) is 4.77. The van der Waals surface area contributed by atoms with Crippen LogP contribution in [0.5, 0.6) is 23.0 Å². The smallest absolute Gasteiger partial charge is 0.326 e. The van der Waals surface area contributed by atoms with Gasteiger partial charge in [-0.1, -0.05) is 60.7 Å². The summed E-state index contributed by atoms with van der Waals surface area (Å²) >= 11 is 3.99. The predicted molar refractivity (Wildman–Crippen MR) is 242 cm³/mol. The number of ether oxygens (including phenoxy) is 6. The molecular formula is C51H52BrN2O6+. The van der Waals surface area contributed by atoms with Crippen molar-refractivity contribution < 1.29 is 33.0 Å². The van der Waals surface area contributed by atoms with Gasteiger partial charge in [-0.15, -0.1) is 13.2 Å². The van der Waals surface area contributed by atoms with E-state index in [0.29, 0.717) is 52.9 Å². The first-order valence-corrected chi connectivity index (χ1v) is 21.0. The van der Waals surface area contributed by atoms with Gasteiger partial charge in [-0.2, -0.15) is 0 Å². The molecular weight excluding hydrogens is 816 g/mol. The molecule has 0 amide bonds. The number of aromatic nitrogens is 2. The van der Waals surface area contributed by atoms with E-state index in [2.05, 4.69) is 125 Å². The van der Waals surface area contributed by atoms with Gasteiger partial charge in [0.15, 0.2) is 0 Å². The first-order chi connectivity index (χ1) is 29.4. The third kappa shape index (κ3) is 11.2. The van der Waals surface area contributed by atoms with Crippen LogP contribution >= 0.6 is 15.9 Å². The maximum atomic E-state index is 6.13. The van der Waals surface area contributed by atoms with Gasteiger partial charge in [0.1, 0.15) is 73.9 Å². The van der Waals surface area contributed by atoms with E-state index >= 15 is 0 Å². The van der Waals surface area contributed by atoms with E-state index in [0.717, 1.165) is 51.9 Å². The van der Waals surface area contributed by atoms with E-state index < -0.39 is 0 Å². The van der Waals surface area contributed by atoms with Crippen LogP contribution in [0.15, 0.2) is 151 Å². The van der Waals surface area contributed by atoms with Crippen LogP contribution in [0.25, 0.3) is 21.5 Å². The number of fused-ring (bicyclic) bond motifs is 2. The summed E-state index contributed by atoms with van der Waals surface area (Å²) in [7, 11) is 0. The summed E-state index contributed by atoms with van der Waals surface area (Å²) < 4.78 is 40.2. The van der Waals surface area contributed by atoms with Gasteiger partial charge < -0.3 is 28.4 Å². The van der Waals surface area contributed by atoms with Crippen LogP contribution in [0.3, 0.4) is 0 Å². The van der Waals surface area contributed by atoms with E-state index in [4.69, 9.17) is 28.4 Å². The van der Waals surface area contributed by atoms with Gasteiger partial charge in [-0.05, 0) is 117 Å². The monoisotopic (exact) mass is 867 g/mol. The average Bonchev–Trinajstić information content (AvgIpc) is 3.46. The Bertz CT molecular complexity index is 2360. The van der Waals surface area contributed by atoms with Crippen molar-refractivity contribution in [2.45, 2.75) is 40.2 Å². The largest absolute Gasteiger partial charge is 0.491 e. The van der Waals surface area contributed by atoms with Crippen molar-refractivity contribution >= 4 is 37.5 Å². The van der Waals surface area contributed by atoms with Gasteiger partial charge in [0.2, 0.25) is 0 Å². The summed E-state index contributed by atoms with van der Waals surface area (Å²) in [5.41, 5.74) is 7.12. The van der Waals surface area contributed by atoms with Gasteiger partial charge >= 0.3 is 4.73 Å². The number of hydrogen-bond donors (Lipinski definition) is 0. The zero-order chi connectivity index (χ0) is 41.7. The second-order valence-electron chi connectivity index (χ2n) is 14.6. The molecule has 0 aliphatic carbocycles. The Morgan fingerprint density at radius 1 is 0.517 bits per heavy atom. The summed E-state index contributed by atoms with van der Waals surface area (Å²) in [4.78, 5) is 0. The normalized spacial score (nSPS) is 11.2. The molecule has 8 nitrogen and oxygen atoms in total. The molecule has 0 spiro atoms. The van der Waals surface area contributed by atoms with Crippen LogP contribution in [0, 0.1) is 13.8 Å². The lowest BCUT2D eigenvalue weighted by atomic mass is 10.0. The molecule has 6 aromatic carbocycles. The highest BCUT2D eigenvalue weighted by atomic mass is 79.9. The van der Waals surface area contributed by atoms with E-state index in [9.17, 15) is 0 Å². The third-order valence-corrected chi connectivity index (χ3v) is 11.2. The van der Waals surface area contributed by atoms with Crippen LogP contribution in [0.2, 0.25) is 0 Å². The summed E-state index contributed by atoms with van der Waals surface area (Å²) in [6.45, 7) is 17.2. The molecule has 0 unspecified atom stereocenters. The van der Waals surface area contributed by atoms with Crippen molar-refractivity contribution in [1.29, 1.82) is 0 Å². The second kappa shape index (κ2) is 20.9. The van der Waals surface area contributed by atoms with E-state index in [-0.39, 0.29) is 0 Å². The molecule has 0 fully saturated rings. The van der Waals surface area contributed by atoms with Crippen molar-refractivity contribution in [3.8, 4) is 23.0 Å². The highest BCUT2D eigenvalue weighted by Gasteiger charge is 2.24. The van der Waals surface area contributed by atoms with Gasteiger partial charge in [-0.3, -0.25) is 0 Å². The number of imidazole rings is 1. The van der Waals surface area contributed by atoms with E-state index in [1.54, 1.807) is 12.2 Å². The maximum Gasteiger partial charge on any atom is 0.326 e. The number of benzene rings is 6. The molecule has 9 heteroatoms. The standard InChI is InChI=1S/C51H52BrN2O6/c1-5-23-55-25-27-57-47-15-19-49(20-16-47)59-35-41-9-13-43-11-7-39(29-45(43)31-41)33-53-37(3)38(4)54(51(53)52)34-40-8-12-44-14-10-42(32-46(44)30-40)36-60-50-21-17-48(18-22-50)58-28-26-56-24-6-2/h5-22,29-32H,1-2,23-28,33-36H2,3-4H3/q+1. The van der Waals surface area contributed by atoms with Crippen molar-refractivity contribution in [3.05, 3.63) is 185 Å². The quantitative estimate of drug-likeness (QED) is 0.0384. The highest BCUT2D eigenvalue weighted by molar-refractivity contribution is 9.10. The second-order valence-corrected chi connectivity index (χ2v) is 15.3. The lowest BCUT2D eigenvalue weighted by Crippen LogP contribution is -2.37. The van der Waals surface area contributed by atoms with Gasteiger partial charge in [0, 0.05) is 29.8 Å². The third-order valence-electron chi connectivity index (χ3n) is 10.3. The summed E-state index contributed by atoms with van der Waals surface area (Å²) in [6, 6.07) is 41.8. The average molecular weight is 869 g/mol. The topological polar surface area (TPSA) is 64.2 Å². The molecule has 1 heterocycles. The molecule has 0 bridgehead atoms. The number of halogens is 1. The Balaban J connectivity index is 0.963. The molecule has 0 aliphatic rings.